The Labute approximate surface area is 150 Å². The Morgan fingerprint density at radius 1 is 1.20 bits per heavy atom. The number of amides is 1. The first kappa shape index (κ1) is 16.8. The van der Waals surface area contributed by atoms with E-state index in [4.69, 9.17) is 0 Å². The molecule has 4 rings (SSSR count). The third kappa shape index (κ3) is 3.01. The summed E-state index contributed by atoms with van der Waals surface area (Å²) in [6.07, 6.45) is 5.66. The van der Waals surface area contributed by atoms with Crippen LogP contribution in [0, 0.1) is 0 Å². The Balaban J connectivity index is 1.36. The number of carbonyl (C=O) groups excluding carboxylic acids is 1. The van der Waals surface area contributed by atoms with Gasteiger partial charge < -0.3 is 9.80 Å². The zero-order chi connectivity index (χ0) is 17.6. The summed E-state index contributed by atoms with van der Waals surface area (Å²) in [7, 11) is 2.10. The molecule has 1 amide bonds. The van der Waals surface area contributed by atoms with Crippen LogP contribution in [0.25, 0.3) is 0 Å². The Morgan fingerprint density at radius 3 is 2.68 bits per heavy atom. The van der Waals surface area contributed by atoms with E-state index in [1.807, 2.05) is 4.90 Å². The van der Waals surface area contributed by atoms with Crippen LogP contribution in [0.15, 0.2) is 6.07 Å². The summed E-state index contributed by atoms with van der Waals surface area (Å²) in [5.74, 6) is 1.30. The number of carbonyl (C=O) groups is 1. The molecule has 2 fully saturated rings. The van der Waals surface area contributed by atoms with Crippen LogP contribution >= 0.6 is 0 Å². The maximum atomic E-state index is 12.6. The van der Waals surface area contributed by atoms with E-state index in [0.29, 0.717) is 18.0 Å². The van der Waals surface area contributed by atoms with Crippen LogP contribution in [0.3, 0.4) is 0 Å². The number of hydrogen-bond acceptors (Lipinski definition) is 5. The average Bonchev–Trinajstić information content (AvgIpc) is 2.95. The number of rotatable bonds is 4. The van der Waals surface area contributed by atoms with Crippen molar-refractivity contribution in [1.82, 2.24) is 20.0 Å². The van der Waals surface area contributed by atoms with E-state index in [1.165, 1.54) is 24.1 Å². The van der Waals surface area contributed by atoms with Crippen LogP contribution in [0.4, 0.5) is 5.82 Å². The third-order valence-electron chi connectivity index (χ3n) is 6.15. The number of aryl methyl sites for hydroxylation is 2. The number of nitrogens with zero attached hydrogens (tertiary/aromatic N) is 5. The van der Waals surface area contributed by atoms with Crippen molar-refractivity contribution in [3.8, 4) is 0 Å². The molecular weight excluding hydrogens is 314 g/mol. The number of fused-ring (bicyclic) bond motifs is 1. The highest BCUT2D eigenvalue weighted by Crippen LogP contribution is 2.28. The van der Waals surface area contributed by atoms with E-state index in [9.17, 15) is 4.79 Å². The Hall–Kier alpha value is -1.69. The van der Waals surface area contributed by atoms with Gasteiger partial charge in [-0.3, -0.25) is 9.69 Å². The van der Waals surface area contributed by atoms with Crippen LogP contribution in [-0.2, 0) is 17.6 Å². The third-order valence-corrected chi connectivity index (χ3v) is 6.15. The monoisotopic (exact) mass is 343 g/mol. The summed E-state index contributed by atoms with van der Waals surface area (Å²) >= 11 is 0. The van der Waals surface area contributed by atoms with Gasteiger partial charge in [0, 0.05) is 31.7 Å². The van der Waals surface area contributed by atoms with E-state index in [1.54, 1.807) is 0 Å². The molecular formula is C19H29N5O. The lowest BCUT2D eigenvalue weighted by Gasteiger charge is -2.46. The first-order valence-corrected chi connectivity index (χ1v) is 9.67. The summed E-state index contributed by atoms with van der Waals surface area (Å²) in [6.45, 7) is 6.96. The molecule has 1 aliphatic carbocycles. The van der Waals surface area contributed by atoms with Gasteiger partial charge in [-0.05, 0) is 64.6 Å². The van der Waals surface area contributed by atoms with Gasteiger partial charge in [0.1, 0.15) is 0 Å². The molecule has 0 N–H and O–H groups in total. The smallest absolute Gasteiger partial charge is 0.240 e. The van der Waals surface area contributed by atoms with Crippen molar-refractivity contribution in [2.45, 2.75) is 64.1 Å². The van der Waals surface area contributed by atoms with E-state index >= 15 is 0 Å². The average molecular weight is 343 g/mol. The molecule has 0 saturated carbocycles. The van der Waals surface area contributed by atoms with Gasteiger partial charge in [-0.2, -0.15) is 5.10 Å². The first-order chi connectivity index (χ1) is 12.0. The highest BCUT2D eigenvalue weighted by Gasteiger charge is 2.41. The molecule has 0 spiro atoms. The minimum absolute atomic E-state index is 0.0455. The van der Waals surface area contributed by atoms with Gasteiger partial charge in [0.15, 0.2) is 5.82 Å². The molecule has 0 bridgehead atoms. The lowest BCUT2D eigenvalue weighted by molar-refractivity contribution is -0.133. The predicted molar refractivity (Wildman–Crippen MR) is 97.7 cm³/mol. The maximum absolute atomic E-state index is 12.6. The number of hydrogen-bond donors (Lipinski definition) is 0. The molecule has 1 unspecified atom stereocenters. The molecule has 0 aromatic carbocycles. The molecule has 25 heavy (non-hydrogen) atoms. The minimum atomic E-state index is 0.0455. The molecule has 1 atom stereocenters. The Morgan fingerprint density at radius 2 is 1.96 bits per heavy atom. The van der Waals surface area contributed by atoms with E-state index < -0.39 is 0 Å². The number of likely N-dealkylation sites (N-methyl/N-ethyl adjacent to an activating group) is 1. The predicted octanol–water partition coefficient (Wildman–Crippen LogP) is 1.49. The second-order valence-corrected chi connectivity index (χ2v) is 8.04. The lowest BCUT2D eigenvalue weighted by Crippen LogP contribution is -2.62. The molecule has 2 saturated heterocycles. The van der Waals surface area contributed by atoms with Crippen molar-refractivity contribution in [3.05, 3.63) is 17.3 Å². The largest absolute Gasteiger partial charge is 0.352 e. The van der Waals surface area contributed by atoms with Crippen LogP contribution < -0.4 is 4.90 Å². The number of likely N-dealkylation sites (tertiary alicyclic amines) is 1. The summed E-state index contributed by atoms with van der Waals surface area (Å²) in [5, 5.41) is 8.88. The summed E-state index contributed by atoms with van der Waals surface area (Å²) in [4.78, 5) is 19.2. The second-order valence-electron chi connectivity index (χ2n) is 8.04. The number of aromatic nitrogens is 2. The van der Waals surface area contributed by atoms with Gasteiger partial charge >= 0.3 is 0 Å². The highest BCUT2D eigenvalue weighted by atomic mass is 16.2. The molecule has 0 radical (unpaired) electrons. The fourth-order valence-corrected chi connectivity index (χ4v) is 4.36. The fourth-order valence-electron chi connectivity index (χ4n) is 4.36. The van der Waals surface area contributed by atoms with Crippen LogP contribution in [0.2, 0.25) is 0 Å². The van der Waals surface area contributed by atoms with Crippen molar-refractivity contribution >= 4 is 11.7 Å². The van der Waals surface area contributed by atoms with E-state index in [0.717, 1.165) is 44.7 Å². The van der Waals surface area contributed by atoms with E-state index in [2.05, 4.69) is 47.0 Å². The van der Waals surface area contributed by atoms with Gasteiger partial charge in [-0.1, -0.05) is 0 Å². The van der Waals surface area contributed by atoms with Crippen molar-refractivity contribution in [3.63, 3.8) is 0 Å². The van der Waals surface area contributed by atoms with Crippen molar-refractivity contribution in [1.29, 1.82) is 0 Å². The molecule has 2 aliphatic heterocycles. The van der Waals surface area contributed by atoms with Crippen LogP contribution in [0.1, 0.15) is 44.4 Å². The molecule has 3 heterocycles. The SMILES string of the molecule is CC(C)N1CCC(N(C)C2CN(c3cc4c(nn3)CCCC4)C2)C1=O. The van der Waals surface area contributed by atoms with Gasteiger partial charge in [0.25, 0.3) is 0 Å². The minimum Gasteiger partial charge on any atom is -0.352 e. The summed E-state index contributed by atoms with van der Waals surface area (Å²) in [6, 6.07) is 3.01. The van der Waals surface area contributed by atoms with Crippen molar-refractivity contribution < 1.29 is 4.79 Å². The van der Waals surface area contributed by atoms with Crippen LogP contribution in [-0.4, -0.2) is 70.7 Å². The van der Waals surface area contributed by atoms with Gasteiger partial charge in [-0.15, -0.1) is 5.10 Å². The summed E-state index contributed by atoms with van der Waals surface area (Å²) in [5.41, 5.74) is 2.57. The zero-order valence-electron chi connectivity index (χ0n) is 15.6. The highest BCUT2D eigenvalue weighted by molar-refractivity contribution is 5.84. The Kier molecular flexibility index (Phi) is 4.40. The van der Waals surface area contributed by atoms with Gasteiger partial charge in [0.05, 0.1) is 11.7 Å². The zero-order valence-corrected chi connectivity index (χ0v) is 15.6. The van der Waals surface area contributed by atoms with Crippen LogP contribution in [0.5, 0.6) is 0 Å². The summed E-state index contributed by atoms with van der Waals surface area (Å²) < 4.78 is 0. The molecule has 6 nitrogen and oxygen atoms in total. The molecule has 1 aromatic rings. The van der Waals surface area contributed by atoms with Gasteiger partial charge in [-0.25, -0.2) is 0 Å². The Bertz CT molecular complexity index is 655. The number of anilines is 1. The molecule has 6 heteroatoms. The lowest BCUT2D eigenvalue weighted by atomic mass is 9.96. The first-order valence-electron chi connectivity index (χ1n) is 9.67. The second kappa shape index (κ2) is 6.56. The molecule has 1 aromatic heterocycles. The maximum Gasteiger partial charge on any atom is 0.240 e. The topological polar surface area (TPSA) is 52.6 Å². The fraction of sp³-hybridized carbons (Fsp3) is 0.737. The standard InChI is InChI=1S/C19H29N5O/c1-13(2)24-9-8-17(19(24)25)22(3)15-11-23(12-15)18-10-14-6-4-5-7-16(14)20-21-18/h10,13,15,17H,4-9,11-12H2,1-3H3. The normalized spacial score (nSPS) is 24.2. The van der Waals surface area contributed by atoms with Crippen molar-refractivity contribution in [2.75, 3.05) is 31.6 Å². The van der Waals surface area contributed by atoms with Gasteiger partial charge in [0.2, 0.25) is 5.91 Å². The molecule has 136 valence electrons. The molecule has 3 aliphatic rings. The van der Waals surface area contributed by atoms with E-state index in [-0.39, 0.29) is 6.04 Å². The van der Waals surface area contributed by atoms with Crippen molar-refractivity contribution in [2.24, 2.45) is 0 Å². The quantitative estimate of drug-likeness (QED) is 0.829.